The first kappa shape index (κ1) is 26.3. The van der Waals surface area contributed by atoms with Crippen LogP contribution < -0.4 is 15.8 Å². The number of primary amides is 1. The van der Waals surface area contributed by atoms with Gasteiger partial charge in [0.1, 0.15) is 11.8 Å². The fourth-order valence-electron chi connectivity index (χ4n) is 3.71. The average Bonchev–Trinajstić information content (AvgIpc) is 3.16. The Morgan fingerprint density at radius 3 is 2.66 bits per heavy atom. The molecule has 2 aromatic rings. The molecule has 1 saturated heterocycles. The zero-order valence-electron chi connectivity index (χ0n) is 18.4. The maximum absolute atomic E-state index is 14.6. The molecule has 3 rings (SSSR count). The van der Waals surface area contributed by atoms with Gasteiger partial charge in [0.25, 0.3) is 11.8 Å². The number of aliphatic hydroxyl groups is 1. The molecule has 0 saturated carbocycles. The molecule has 3 atom stereocenters. The summed E-state index contributed by atoms with van der Waals surface area (Å²) in [4.78, 5) is 28.1. The minimum absolute atomic E-state index is 0.00599. The van der Waals surface area contributed by atoms with Gasteiger partial charge in [-0.3, -0.25) is 14.6 Å². The Kier molecular flexibility index (Phi) is 7.60. The zero-order chi connectivity index (χ0) is 26.0. The van der Waals surface area contributed by atoms with E-state index in [1.165, 1.54) is 6.07 Å². The number of nitrogens with two attached hydrogens (primary N) is 1. The van der Waals surface area contributed by atoms with Gasteiger partial charge in [-0.05, 0) is 31.5 Å². The van der Waals surface area contributed by atoms with Crippen LogP contribution in [0.1, 0.15) is 41.7 Å². The van der Waals surface area contributed by atoms with Crippen LogP contribution in [0.15, 0.2) is 30.5 Å². The summed E-state index contributed by atoms with van der Waals surface area (Å²) in [7, 11) is 0. The normalized spacial score (nSPS) is 22.1. The number of amides is 2. The molecule has 190 valence electrons. The number of carbonyl (C=O) groups excluding carboxylic acids is 2. The highest BCUT2D eigenvalue weighted by Gasteiger charge is 2.61. The molecule has 2 heterocycles. The molecule has 1 aliphatic heterocycles. The SMILES string of the molecule is C[C@]1(C(F)(F)F)C[C@@H](c2ccc(F)c(F)c2OCCCO)C(C(=O)Nc2ccnc(C(N)=O)c2)O1. The molecule has 0 aliphatic carbocycles. The van der Waals surface area contributed by atoms with Crippen LogP contribution in [-0.4, -0.2) is 53.0 Å². The number of aliphatic hydroxyl groups excluding tert-OH is 1. The maximum atomic E-state index is 14.6. The predicted molar refractivity (Wildman–Crippen MR) is 112 cm³/mol. The Labute approximate surface area is 196 Å². The first-order valence-corrected chi connectivity index (χ1v) is 10.4. The third kappa shape index (κ3) is 5.51. The van der Waals surface area contributed by atoms with E-state index >= 15 is 0 Å². The van der Waals surface area contributed by atoms with Crippen molar-refractivity contribution in [3.05, 3.63) is 53.4 Å². The summed E-state index contributed by atoms with van der Waals surface area (Å²) in [6.45, 7) is 0.171. The molecule has 13 heteroatoms. The molecule has 35 heavy (non-hydrogen) atoms. The van der Waals surface area contributed by atoms with E-state index in [1.807, 2.05) is 0 Å². The number of rotatable bonds is 8. The Hall–Kier alpha value is -3.32. The number of hydrogen-bond donors (Lipinski definition) is 3. The number of nitrogens with one attached hydrogen (secondary N) is 1. The lowest BCUT2D eigenvalue weighted by Gasteiger charge is -2.27. The third-order valence-electron chi connectivity index (χ3n) is 5.53. The van der Waals surface area contributed by atoms with Gasteiger partial charge in [0.2, 0.25) is 5.82 Å². The number of halogens is 5. The second-order valence-electron chi connectivity index (χ2n) is 8.07. The number of carbonyl (C=O) groups is 2. The van der Waals surface area contributed by atoms with E-state index in [1.54, 1.807) is 0 Å². The summed E-state index contributed by atoms with van der Waals surface area (Å²) in [6.07, 6.45) is -6.28. The van der Waals surface area contributed by atoms with E-state index < -0.39 is 59.4 Å². The summed E-state index contributed by atoms with van der Waals surface area (Å²) in [5.74, 6) is -6.74. The number of ether oxygens (including phenoxy) is 2. The number of anilines is 1. The van der Waals surface area contributed by atoms with Crippen LogP contribution in [0.25, 0.3) is 0 Å². The average molecular weight is 503 g/mol. The molecule has 0 bridgehead atoms. The quantitative estimate of drug-likeness (QED) is 0.376. The molecule has 2 amide bonds. The summed E-state index contributed by atoms with van der Waals surface area (Å²) < 4.78 is 80.4. The molecular formula is C22H22F5N3O5. The van der Waals surface area contributed by atoms with Crippen LogP contribution in [-0.2, 0) is 9.53 Å². The minimum Gasteiger partial charge on any atom is -0.490 e. The standard InChI is InChI=1S/C22H22F5N3O5/c1-21(22(25,26)27)10-13(12-3-4-14(23)16(24)17(12)34-8-2-7-31)18(35-21)20(33)30-11-5-6-29-15(9-11)19(28)32/h3-6,9,13,18,31H,2,7-8,10H2,1H3,(H2,28,32)(H,29,30,33)/t13-,18?,21+/m0/s1. The van der Waals surface area contributed by atoms with Gasteiger partial charge >= 0.3 is 6.18 Å². The molecular weight excluding hydrogens is 481 g/mol. The highest BCUT2D eigenvalue weighted by Crippen LogP contribution is 2.51. The third-order valence-corrected chi connectivity index (χ3v) is 5.53. The fraction of sp³-hybridized carbons (Fsp3) is 0.409. The molecule has 0 spiro atoms. The van der Waals surface area contributed by atoms with Gasteiger partial charge < -0.3 is 25.6 Å². The van der Waals surface area contributed by atoms with Crippen LogP contribution in [0, 0.1) is 11.6 Å². The van der Waals surface area contributed by atoms with Crippen molar-refractivity contribution in [1.29, 1.82) is 0 Å². The van der Waals surface area contributed by atoms with E-state index in [0.29, 0.717) is 6.07 Å². The van der Waals surface area contributed by atoms with E-state index in [2.05, 4.69) is 10.3 Å². The highest BCUT2D eigenvalue weighted by atomic mass is 19.4. The summed E-state index contributed by atoms with van der Waals surface area (Å²) in [5, 5.41) is 11.3. The van der Waals surface area contributed by atoms with Crippen molar-refractivity contribution in [3.8, 4) is 5.75 Å². The van der Waals surface area contributed by atoms with Crippen molar-refractivity contribution in [3.63, 3.8) is 0 Å². The molecule has 1 aromatic heterocycles. The lowest BCUT2D eigenvalue weighted by atomic mass is 9.85. The van der Waals surface area contributed by atoms with E-state index in [4.69, 9.17) is 20.3 Å². The smallest absolute Gasteiger partial charge is 0.417 e. The first-order chi connectivity index (χ1) is 16.4. The minimum atomic E-state index is -4.90. The molecule has 4 N–H and O–H groups in total. The van der Waals surface area contributed by atoms with Gasteiger partial charge in [-0.1, -0.05) is 6.07 Å². The summed E-state index contributed by atoms with van der Waals surface area (Å²) in [6, 6.07) is 4.14. The monoisotopic (exact) mass is 503 g/mol. The van der Waals surface area contributed by atoms with Gasteiger partial charge in [0, 0.05) is 36.4 Å². The Bertz CT molecular complexity index is 1110. The molecule has 0 radical (unpaired) electrons. The number of alkyl halides is 3. The van der Waals surface area contributed by atoms with E-state index in [-0.39, 0.29) is 36.6 Å². The zero-order valence-corrected chi connectivity index (χ0v) is 18.4. The van der Waals surface area contributed by atoms with Gasteiger partial charge in [-0.25, -0.2) is 4.39 Å². The molecule has 1 unspecified atom stereocenters. The van der Waals surface area contributed by atoms with Crippen LogP contribution >= 0.6 is 0 Å². The fourth-order valence-corrected chi connectivity index (χ4v) is 3.71. The Morgan fingerprint density at radius 2 is 2.03 bits per heavy atom. The second-order valence-corrected chi connectivity index (χ2v) is 8.07. The molecule has 1 aliphatic rings. The number of hydrogen-bond acceptors (Lipinski definition) is 6. The Morgan fingerprint density at radius 1 is 1.31 bits per heavy atom. The maximum Gasteiger partial charge on any atom is 0.417 e. The lowest BCUT2D eigenvalue weighted by Crippen LogP contribution is -2.43. The van der Waals surface area contributed by atoms with Crippen molar-refractivity contribution in [2.24, 2.45) is 5.73 Å². The van der Waals surface area contributed by atoms with Crippen molar-refractivity contribution in [1.82, 2.24) is 4.98 Å². The Balaban J connectivity index is 2.01. The highest BCUT2D eigenvalue weighted by molar-refractivity contribution is 5.97. The van der Waals surface area contributed by atoms with Crippen LogP contribution in [0.2, 0.25) is 0 Å². The number of pyridine rings is 1. The van der Waals surface area contributed by atoms with Crippen molar-refractivity contribution in [2.45, 2.75) is 43.6 Å². The largest absolute Gasteiger partial charge is 0.490 e. The van der Waals surface area contributed by atoms with E-state index in [0.717, 1.165) is 25.3 Å². The molecule has 1 aromatic carbocycles. The van der Waals surface area contributed by atoms with Crippen molar-refractivity contribution in [2.75, 3.05) is 18.5 Å². The van der Waals surface area contributed by atoms with Gasteiger partial charge in [0.15, 0.2) is 17.2 Å². The molecule has 1 fully saturated rings. The topological polar surface area (TPSA) is 124 Å². The van der Waals surface area contributed by atoms with Gasteiger partial charge in [-0.15, -0.1) is 0 Å². The summed E-state index contributed by atoms with van der Waals surface area (Å²) >= 11 is 0. The summed E-state index contributed by atoms with van der Waals surface area (Å²) in [5.41, 5.74) is 1.96. The van der Waals surface area contributed by atoms with Crippen LogP contribution in [0.3, 0.4) is 0 Å². The van der Waals surface area contributed by atoms with Gasteiger partial charge in [-0.2, -0.15) is 17.6 Å². The first-order valence-electron chi connectivity index (χ1n) is 10.4. The van der Waals surface area contributed by atoms with Crippen molar-refractivity contribution < 1.29 is 46.1 Å². The number of nitrogens with zero attached hydrogens (tertiary/aromatic N) is 1. The number of benzene rings is 1. The molecule has 8 nitrogen and oxygen atoms in total. The predicted octanol–water partition coefficient (Wildman–Crippen LogP) is 3.05. The second kappa shape index (κ2) is 10.1. The van der Waals surface area contributed by atoms with Gasteiger partial charge in [0.05, 0.1) is 6.61 Å². The van der Waals surface area contributed by atoms with Crippen LogP contribution in [0.4, 0.5) is 27.6 Å². The van der Waals surface area contributed by atoms with E-state index in [9.17, 15) is 31.5 Å². The van der Waals surface area contributed by atoms with Crippen LogP contribution in [0.5, 0.6) is 5.75 Å². The number of aromatic nitrogens is 1. The lowest BCUT2D eigenvalue weighted by molar-refractivity contribution is -0.261. The van der Waals surface area contributed by atoms with Crippen molar-refractivity contribution >= 4 is 17.5 Å².